The fourth-order valence-corrected chi connectivity index (χ4v) is 2.86. The summed E-state index contributed by atoms with van der Waals surface area (Å²) < 4.78 is 0. The molecule has 20 heavy (non-hydrogen) atoms. The molecule has 1 saturated carbocycles. The van der Waals surface area contributed by atoms with E-state index < -0.39 is 0 Å². The highest BCUT2D eigenvalue weighted by molar-refractivity contribution is 5.26. The van der Waals surface area contributed by atoms with Crippen molar-refractivity contribution in [2.75, 3.05) is 6.54 Å². The Hall–Kier alpha value is -1.67. The predicted octanol–water partition coefficient (Wildman–Crippen LogP) is 3.47. The zero-order chi connectivity index (χ0) is 13.8. The lowest BCUT2D eigenvalue weighted by molar-refractivity contribution is 0.293. The maximum absolute atomic E-state index is 4.15. The van der Waals surface area contributed by atoms with Gasteiger partial charge in [-0.2, -0.15) is 0 Å². The number of aromatic nitrogens is 1. The summed E-state index contributed by atoms with van der Waals surface area (Å²) >= 11 is 0. The molecule has 1 fully saturated rings. The average molecular weight is 266 g/mol. The van der Waals surface area contributed by atoms with E-state index in [-0.39, 0.29) is 0 Å². The second kappa shape index (κ2) is 6.19. The van der Waals surface area contributed by atoms with Gasteiger partial charge < -0.3 is 5.32 Å². The lowest BCUT2D eigenvalue weighted by atomic mass is 9.75. The third-order valence-electron chi connectivity index (χ3n) is 4.26. The normalized spacial score (nSPS) is 21.4. The van der Waals surface area contributed by atoms with E-state index >= 15 is 0 Å². The Morgan fingerprint density at radius 2 is 1.95 bits per heavy atom. The fourth-order valence-electron chi connectivity index (χ4n) is 2.86. The van der Waals surface area contributed by atoms with Gasteiger partial charge in [0, 0.05) is 18.4 Å². The first kappa shape index (κ1) is 13.3. The van der Waals surface area contributed by atoms with Crippen molar-refractivity contribution in [1.82, 2.24) is 10.3 Å². The highest BCUT2D eigenvalue weighted by Gasteiger charge is 2.29. The van der Waals surface area contributed by atoms with Gasteiger partial charge in [0.15, 0.2) is 0 Å². The topological polar surface area (TPSA) is 24.9 Å². The maximum atomic E-state index is 4.15. The molecular formula is C18H22N2. The van der Waals surface area contributed by atoms with Crippen LogP contribution in [0, 0.1) is 6.92 Å². The minimum Gasteiger partial charge on any atom is -0.314 e. The average Bonchev–Trinajstić information content (AvgIpc) is 2.44. The van der Waals surface area contributed by atoms with Gasteiger partial charge >= 0.3 is 0 Å². The van der Waals surface area contributed by atoms with Crippen molar-refractivity contribution in [3.05, 3.63) is 65.5 Å². The lowest BCUT2D eigenvalue weighted by Gasteiger charge is -2.36. The zero-order valence-electron chi connectivity index (χ0n) is 12.0. The molecule has 0 radical (unpaired) electrons. The largest absolute Gasteiger partial charge is 0.314 e. The van der Waals surface area contributed by atoms with Gasteiger partial charge in [0.05, 0.1) is 0 Å². The summed E-state index contributed by atoms with van der Waals surface area (Å²) in [5.41, 5.74) is 4.16. The van der Waals surface area contributed by atoms with Crippen LogP contribution in [0.5, 0.6) is 0 Å². The third kappa shape index (κ3) is 3.26. The number of hydrogen-bond acceptors (Lipinski definition) is 2. The van der Waals surface area contributed by atoms with E-state index in [0.29, 0.717) is 6.04 Å². The van der Waals surface area contributed by atoms with Gasteiger partial charge in [-0.05, 0) is 55.8 Å². The molecule has 1 aliphatic carbocycles. The number of nitrogens with zero attached hydrogens (tertiary/aromatic N) is 1. The molecule has 0 atom stereocenters. The molecule has 1 aliphatic rings. The summed E-state index contributed by atoms with van der Waals surface area (Å²) in [5, 5.41) is 3.65. The number of hydrogen-bond donors (Lipinski definition) is 1. The highest BCUT2D eigenvalue weighted by atomic mass is 14.9. The van der Waals surface area contributed by atoms with Crippen LogP contribution in [0.1, 0.15) is 35.4 Å². The van der Waals surface area contributed by atoms with Gasteiger partial charge in [-0.15, -0.1) is 0 Å². The number of aryl methyl sites for hydroxylation is 1. The monoisotopic (exact) mass is 266 g/mol. The fraction of sp³-hybridized carbons (Fsp3) is 0.389. The first-order valence-electron chi connectivity index (χ1n) is 7.50. The van der Waals surface area contributed by atoms with E-state index in [0.717, 1.165) is 18.9 Å². The molecule has 2 nitrogen and oxygen atoms in total. The summed E-state index contributed by atoms with van der Waals surface area (Å²) in [6.45, 7) is 3.20. The van der Waals surface area contributed by atoms with Crippen molar-refractivity contribution < 1.29 is 0 Å². The van der Waals surface area contributed by atoms with Crippen LogP contribution in [0.15, 0.2) is 48.8 Å². The molecule has 0 aliphatic heterocycles. The molecule has 0 amide bonds. The Bertz CT molecular complexity index is 527. The van der Waals surface area contributed by atoms with Crippen molar-refractivity contribution in [1.29, 1.82) is 0 Å². The second-order valence-corrected chi connectivity index (χ2v) is 5.84. The molecule has 1 N–H and O–H groups in total. The van der Waals surface area contributed by atoms with Crippen molar-refractivity contribution in [3.63, 3.8) is 0 Å². The molecule has 104 valence electrons. The Balaban J connectivity index is 1.39. The molecule has 0 unspecified atom stereocenters. The Kier molecular flexibility index (Phi) is 4.12. The molecule has 3 rings (SSSR count). The molecule has 1 aromatic heterocycles. The van der Waals surface area contributed by atoms with E-state index in [1.54, 1.807) is 0 Å². The molecule has 2 heteroatoms. The van der Waals surface area contributed by atoms with Crippen LogP contribution in [-0.2, 0) is 6.42 Å². The van der Waals surface area contributed by atoms with Crippen LogP contribution in [0.4, 0.5) is 0 Å². The van der Waals surface area contributed by atoms with E-state index in [2.05, 4.69) is 47.6 Å². The summed E-state index contributed by atoms with van der Waals surface area (Å²) in [7, 11) is 0. The minimum atomic E-state index is 0.693. The summed E-state index contributed by atoms with van der Waals surface area (Å²) in [6, 6.07) is 13.9. The molecule has 1 aromatic carbocycles. The molecule has 0 bridgehead atoms. The number of rotatable bonds is 5. The highest BCUT2D eigenvalue weighted by Crippen LogP contribution is 2.36. The van der Waals surface area contributed by atoms with Gasteiger partial charge in [-0.3, -0.25) is 4.98 Å². The summed E-state index contributed by atoms with van der Waals surface area (Å²) in [6.07, 6.45) is 7.40. The van der Waals surface area contributed by atoms with E-state index in [9.17, 15) is 0 Å². The molecule has 2 aromatic rings. The van der Waals surface area contributed by atoms with Crippen LogP contribution in [0.25, 0.3) is 0 Å². The summed E-state index contributed by atoms with van der Waals surface area (Å²) in [5.74, 6) is 0.756. The van der Waals surface area contributed by atoms with Crippen LogP contribution in [0.3, 0.4) is 0 Å². The van der Waals surface area contributed by atoms with Crippen LogP contribution >= 0.6 is 0 Å². The molecule has 0 saturated heterocycles. The quantitative estimate of drug-likeness (QED) is 0.896. The minimum absolute atomic E-state index is 0.693. The van der Waals surface area contributed by atoms with Gasteiger partial charge in [-0.25, -0.2) is 0 Å². The number of nitrogens with one attached hydrogen (secondary N) is 1. The first-order valence-corrected chi connectivity index (χ1v) is 7.50. The van der Waals surface area contributed by atoms with Crippen molar-refractivity contribution in [2.24, 2.45) is 0 Å². The Morgan fingerprint density at radius 3 is 2.65 bits per heavy atom. The summed E-state index contributed by atoms with van der Waals surface area (Å²) in [4.78, 5) is 4.15. The van der Waals surface area contributed by atoms with Crippen LogP contribution in [0.2, 0.25) is 0 Å². The van der Waals surface area contributed by atoms with E-state index in [1.165, 1.54) is 29.5 Å². The van der Waals surface area contributed by atoms with Gasteiger partial charge in [0.1, 0.15) is 0 Å². The first-order chi connectivity index (χ1) is 9.81. The Morgan fingerprint density at radius 1 is 1.15 bits per heavy atom. The van der Waals surface area contributed by atoms with Crippen molar-refractivity contribution in [2.45, 2.75) is 38.1 Å². The molecule has 1 heterocycles. The molecule has 0 spiro atoms. The standard InChI is InChI=1S/C18H22N2/c1-14-4-6-16(7-5-14)17-11-18(12-17)20-10-8-15-3-2-9-19-13-15/h2-7,9,13,17-18,20H,8,10-12H2,1H3. The number of benzene rings is 1. The van der Waals surface area contributed by atoms with E-state index in [4.69, 9.17) is 0 Å². The van der Waals surface area contributed by atoms with Crippen LogP contribution < -0.4 is 5.32 Å². The smallest absolute Gasteiger partial charge is 0.0300 e. The number of pyridine rings is 1. The Labute approximate surface area is 121 Å². The SMILES string of the molecule is Cc1ccc(C2CC(NCCc3cccnc3)C2)cc1. The maximum Gasteiger partial charge on any atom is 0.0300 e. The predicted molar refractivity (Wildman–Crippen MR) is 82.9 cm³/mol. The van der Waals surface area contributed by atoms with Gasteiger partial charge in [0.2, 0.25) is 0 Å². The van der Waals surface area contributed by atoms with E-state index in [1.807, 2.05) is 18.5 Å². The van der Waals surface area contributed by atoms with Gasteiger partial charge in [0.25, 0.3) is 0 Å². The van der Waals surface area contributed by atoms with Crippen molar-refractivity contribution >= 4 is 0 Å². The van der Waals surface area contributed by atoms with Crippen LogP contribution in [-0.4, -0.2) is 17.6 Å². The van der Waals surface area contributed by atoms with Crippen molar-refractivity contribution in [3.8, 4) is 0 Å². The molecular weight excluding hydrogens is 244 g/mol. The second-order valence-electron chi connectivity index (χ2n) is 5.84. The third-order valence-corrected chi connectivity index (χ3v) is 4.26. The zero-order valence-corrected chi connectivity index (χ0v) is 12.0. The van der Waals surface area contributed by atoms with Gasteiger partial charge in [-0.1, -0.05) is 35.9 Å². The lowest BCUT2D eigenvalue weighted by Crippen LogP contribution is -2.40.